The molecule has 0 amide bonds. The molecular weight excluding hydrogens is 304 g/mol. The van der Waals surface area contributed by atoms with Crippen molar-refractivity contribution in [2.75, 3.05) is 18.6 Å². The van der Waals surface area contributed by atoms with Crippen LogP contribution in [0.1, 0.15) is 5.56 Å². The maximum absolute atomic E-state index is 2.28. The molecule has 1 aliphatic heterocycles. The highest BCUT2D eigenvalue weighted by molar-refractivity contribution is 5.73. The fourth-order valence-corrected chi connectivity index (χ4v) is 3.33. The van der Waals surface area contributed by atoms with E-state index in [4.69, 9.17) is 0 Å². The fraction of sp³-hybridized carbons (Fsp3) is 0.130. The first-order chi connectivity index (χ1) is 12.2. The van der Waals surface area contributed by atoms with Crippen molar-refractivity contribution in [3.05, 3.63) is 90.8 Å². The first-order valence-electron chi connectivity index (χ1n) is 8.62. The Kier molecular flexibility index (Phi) is 4.02. The lowest BCUT2D eigenvalue weighted by atomic mass is 9.99. The molecule has 3 aromatic carbocycles. The third-order valence-electron chi connectivity index (χ3n) is 4.71. The van der Waals surface area contributed by atoms with Gasteiger partial charge in [-0.05, 0) is 46.9 Å². The molecule has 4 rings (SSSR count). The van der Waals surface area contributed by atoms with Gasteiger partial charge < -0.3 is 9.80 Å². The van der Waals surface area contributed by atoms with Crippen molar-refractivity contribution in [3.63, 3.8) is 0 Å². The largest absolute Gasteiger partial charge is 0.361 e. The molecule has 124 valence electrons. The van der Waals surface area contributed by atoms with Crippen molar-refractivity contribution in [3.8, 4) is 22.3 Å². The van der Waals surface area contributed by atoms with E-state index in [2.05, 4.69) is 109 Å². The minimum Gasteiger partial charge on any atom is -0.361 e. The Bertz CT molecular complexity index is 895. The molecule has 0 spiro atoms. The van der Waals surface area contributed by atoms with Crippen LogP contribution in [0.5, 0.6) is 0 Å². The van der Waals surface area contributed by atoms with Crippen molar-refractivity contribution >= 4 is 5.69 Å². The summed E-state index contributed by atoms with van der Waals surface area (Å²) < 4.78 is 0. The SMILES string of the molecule is Cc1cc(-c2ccc(-c3ccccc3)cc2)ccc1N1C=CN(C)C1. The number of anilines is 1. The van der Waals surface area contributed by atoms with Gasteiger partial charge >= 0.3 is 0 Å². The minimum atomic E-state index is 0.909. The van der Waals surface area contributed by atoms with E-state index in [-0.39, 0.29) is 0 Å². The van der Waals surface area contributed by atoms with Crippen LogP contribution in [-0.4, -0.2) is 18.6 Å². The number of hydrogen-bond acceptors (Lipinski definition) is 2. The molecule has 0 unspecified atom stereocenters. The summed E-state index contributed by atoms with van der Waals surface area (Å²) in [7, 11) is 2.09. The summed E-state index contributed by atoms with van der Waals surface area (Å²) in [4.78, 5) is 4.45. The normalized spacial score (nSPS) is 13.5. The van der Waals surface area contributed by atoms with Gasteiger partial charge in [0, 0.05) is 25.1 Å². The molecular formula is C23H22N2. The van der Waals surface area contributed by atoms with Gasteiger partial charge in [0.05, 0.1) is 6.67 Å². The van der Waals surface area contributed by atoms with Crippen LogP contribution in [0, 0.1) is 6.92 Å². The Labute approximate surface area is 149 Å². The summed E-state index contributed by atoms with van der Waals surface area (Å²) in [5.74, 6) is 0. The van der Waals surface area contributed by atoms with Crippen molar-refractivity contribution < 1.29 is 0 Å². The molecule has 0 saturated heterocycles. The minimum absolute atomic E-state index is 0.909. The smallest absolute Gasteiger partial charge is 0.0939 e. The van der Waals surface area contributed by atoms with Gasteiger partial charge in [-0.1, -0.05) is 60.7 Å². The van der Waals surface area contributed by atoms with E-state index >= 15 is 0 Å². The fourth-order valence-electron chi connectivity index (χ4n) is 3.33. The van der Waals surface area contributed by atoms with E-state index < -0.39 is 0 Å². The van der Waals surface area contributed by atoms with Crippen LogP contribution in [0.3, 0.4) is 0 Å². The van der Waals surface area contributed by atoms with Gasteiger partial charge in [0.2, 0.25) is 0 Å². The van der Waals surface area contributed by atoms with Gasteiger partial charge in [0.15, 0.2) is 0 Å². The number of hydrogen-bond donors (Lipinski definition) is 0. The molecule has 2 nitrogen and oxygen atoms in total. The van der Waals surface area contributed by atoms with Gasteiger partial charge in [0.1, 0.15) is 0 Å². The highest BCUT2D eigenvalue weighted by atomic mass is 15.3. The maximum Gasteiger partial charge on any atom is 0.0939 e. The Hall–Kier alpha value is -3.00. The van der Waals surface area contributed by atoms with E-state index in [1.54, 1.807) is 0 Å². The molecule has 0 bridgehead atoms. The van der Waals surface area contributed by atoms with Crippen molar-refractivity contribution in [2.45, 2.75) is 6.92 Å². The topological polar surface area (TPSA) is 6.48 Å². The lowest BCUT2D eigenvalue weighted by molar-refractivity contribution is 0.495. The summed E-state index contributed by atoms with van der Waals surface area (Å²) in [5.41, 5.74) is 7.59. The summed E-state index contributed by atoms with van der Waals surface area (Å²) in [6, 6.07) is 26.0. The van der Waals surface area contributed by atoms with Crippen LogP contribution in [-0.2, 0) is 0 Å². The van der Waals surface area contributed by atoms with E-state index in [9.17, 15) is 0 Å². The quantitative estimate of drug-likeness (QED) is 0.626. The van der Waals surface area contributed by atoms with E-state index in [1.165, 1.54) is 33.5 Å². The van der Waals surface area contributed by atoms with Crippen molar-refractivity contribution in [1.82, 2.24) is 4.90 Å². The van der Waals surface area contributed by atoms with Gasteiger partial charge in [-0.3, -0.25) is 0 Å². The molecule has 3 aromatic rings. The average molecular weight is 326 g/mol. The van der Waals surface area contributed by atoms with Gasteiger partial charge in [-0.15, -0.1) is 0 Å². The predicted octanol–water partition coefficient (Wildman–Crippen LogP) is 5.51. The zero-order valence-corrected chi connectivity index (χ0v) is 14.7. The molecule has 0 aromatic heterocycles. The summed E-state index contributed by atoms with van der Waals surface area (Å²) in [5, 5.41) is 0. The monoisotopic (exact) mass is 326 g/mol. The number of nitrogens with zero attached hydrogens (tertiary/aromatic N) is 2. The van der Waals surface area contributed by atoms with Crippen LogP contribution in [0.4, 0.5) is 5.69 Å². The Morgan fingerprint density at radius 3 is 1.88 bits per heavy atom. The highest BCUT2D eigenvalue weighted by Crippen LogP contribution is 2.30. The standard InChI is InChI=1S/C23H22N2/c1-18-16-22(12-13-23(18)25-15-14-24(2)17-25)21-10-8-20(9-11-21)19-6-4-3-5-7-19/h3-16H,17H2,1-2H3. The second kappa shape index (κ2) is 6.48. The molecule has 0 N–H and O–H groups in total. The Balaban J connectivity index is 1.60. The van der Waals surface area contributed by atoms with Gasteiger partial charge in [-0.25, -0.2) is 0 Å². The molecule has 2 heteroatoms. The Morgan fingerprint density at radius 1 is 0.680 bits per heavy atom. The van der Waals surface area contributed by atoms with Crippen molar-refractivity contribution in [1.29, 1.82) is 0 Å². The van der Waals surface area contributed by atoms with Crippen LogP contribution < -0.4 is 4.90 Å². The molecule has 0 radical (unpaired) electrons. The second-order valence-electron chi connectivity index (χ2n) is 6.61. The number of aryl methyl sites for hydroxylation is 1. The Morgan fingerprint density at radius 2 is 1.28 bits per heavy atom. The molecule has 0 atom stereocenters. The van der Waals surface area contributed by atoms with Gasteiger partial charge in [-0.2, -0.15) is 0 Å². The number of benzene rings is 3. The molecule has 0 saturated carbocycles. The van der Waals surface area contributed by atoms with Crippen LogP contribution in [0.2, 0.25) is 0 Å². The zero-order valence-electron chi connectivity index (χ0n) is 14.7. The third-order valence-corrected chi connectivity index (χ3v) is 4.71. The van der Waals surface area contributed by atoms with Crippen LogP contribution >= 0.6 is 0 Å². The maximum atomic E-state index is 2.28. The number of rotatable bonds is 3. The zero-order chi connectivity index (χ0) is 17.2. The highest BCUT2D eigenvalue weighted by Gasteiger charge is 2.13. The molecule has 0 fully saturated rings. The second-order valence-corrected chi connectivity index (χ2v) is 6.61. The summed E-state index contributed by atoms with van der Waals surface area (Å²) in [6.07, 6.45) is 4.24. The van der Waals surface area contributed by atoms with E-state index in [0.29, 0.717) is 0 Å². The van der Waals surface area contributed by atoms with E-state index in [0.717, 1.165) is 6.67 Å². The lowest BCUT2D eigenvalue weighted by Gasteiger charge is -2.21. The predicted molar refractivity (Wildman–Crippen MR) is 106 cm³/mol. The summed E-state index contributed by atoms with van der Waals surface area (Å²) >= 11 is 0. The molecule has 25 heavy (non-hydrogen) atoms. The molecule has 0 aliphatic carbocycles. The first kappa shape index (κ1) is 15.5. The first-order valence-corrected chi connectivity index (χ1v) is 8.62. The lowest BCUT2D eigenvalue weighted by Crippen LogP contribution is -2.22. The van der Waals surface area contributed by atoms with Crippen LogP contribution in [0.25, 0.3) is 22.3 Å². The van der Waals surface area contributed by atoms with Crippen LogP contribution in [0.15, 0.2) is 85.2 Å². The molecule has 1 heterocycles. The van der Waals surface area contributed by atoms with Gasteiger partial charge in [0.25, 0.3) is 0 Å². The summed E-state index contributed by atoms with van der Waals surface area (Å²) in [6.45, 7) is 3.09. The average Bonchev–Trinajstić information content (AvgIpc) is 3.08. The van der Waals surface area contributed by atoms with Crippen molar-refractivity contribution in [2.24, 2.45) is 0 Å². The molecule has 1 aliphatic rings. The third kappa shape index (κ3) is 3.16. The van der Waals surface area contributed by atoms with E-state index in [1.807, 2.05) is 0 Å².